The zero-order chi connectivity index (χ0) is 17.6. The van der Waals surface area contributed by atoms with Crippen LogP contribution in [0.5, 0.6) is 0 Å². The van der Waals surface area contributed by atoms with Crippen molar-refractivity contribution in [2.45, 2.75) is 13.8 Å². The number of nitrogen functional groups attached to an aromatic ring is 1. The molecule has 4 N–H and O–H groups in total. The highest BCUT2D eigenvalue weighted by Crippen LogP contribution is 2.27. The van der Waals surface area contributed by atoms with E-state index in [2.05, 4.69) is 57.5 Å². The van der Waals surface area contributed by atoms with E-state index in [0.717, 1.165) is 50.6 Å². The van der Waals surface area contributed by atoms with Crippen molar-refractivity contribution in [1.82, 2.24) is 14.9 Å². The summed E-state index contributed by atoms with van der Waals surface area (Å²) in [5.41, 5.74) is 10.1. The van der Waals surface area contributed by atoms with Crippen LogP contribution in [0.2, 0.25) is 0 Å². The number of ether oxygens (including phenoxy) is 1. The first kappa shape index (κ1) is 17.4. The molecule has 1 aromatic carbocycles. The van der Waals surface area contributed by atoms with E-state index in [1.165, 1.54) is 11.9 Å². The third-order valence-electron chi connectivity index (χ3n) is 4.35. The van der Waals surface area contributed by atoms with E-state index in [1.54, 1.807) is 0 Å². The normalized spacial score (nSPS) is 15.1. The van der Waals surface area contributed by atoms with Gasteiger partial charge in [-0.05, 0) is 31.0 Å². The van der Waals surface area contributed by atoms with Gasteiger partial charge >= 0.3 is 0 Å². The second kappa shape index (κ2) is 8.13. The largest absolute Gasteiger partial charge is 0.393 e. The Morgan fingerprint density at radius 3 is 2.72 bits per heavy atom. The number of hydrogen-bond acceptors (Lipinski definition) is 7. The lowest BCUT2D eigenvalue weighted by Gasteiger charge is -2.26. The predicted molar refractivity (Wildman–Crippen MR) is 101 cm³/mol. The average Bonchev–Trinajstić information content (AvgIpc) is 2.62. The number of nitrogens with zero attached hydrogens (tertiary/aromatic N) is 3. The summed E-state index contributed by atoms with van der Waals surface area (Å²) in [7, 11) is 0. The standard InChI is InChI=1S/C18H26N6O/c1-13-3-4-14(2)15(11-13)23-18-16(19)17(21-12-22-18)20-5-6-24-7-9-25-10-8-24/h3-4,11-12H,5-10,19H2,1-2H3,(H2,20,21,22,23). The van der Waals surface area contributed by atoms with Crippen molar-refractivity contribution in [3.8, 4) is 0 Å². The number of hydrogen-bond donors (Lipinski definition) is 3. The van der Waals surface area contributed by atoms with Crippen LogP contribution < -0.4 is 16.4 Å². The lowest BCUT2D eigenvalue weighted by atomic mass is 10.1. The van der Waals surface area contributed by atoms with E-state index in [0.29, 0.717) is 17.3 Å². The van der Waals surface area contributed by atoms with Crippen molar-refractivity contribution in [2.24, 2.45) is 0 Å². The average molecular weight is 342 g/mol. The number of benzene rings is 1. The number of nitrogens with one attached hydrogen (secondary N) is 2. The third kappa shape index (κ3) is 4.58. The molecule has 7 heteroatoms. The SMILES string of the molecule is Cc1ccc(C)c(Nc2ncnc(NCCN3CCOCC3)c2N)c1. The van der Waals surface area contributed by atoms with E-state index < -0.39 is 0 Å². The minimum absolute atomic E-state index is 0.533. The van der Waals surface area contributed by atoms with Crippen molar-refractivity contribution in [1.29, 1.82) is 0 Å². The van der Waals surface area contributed by atoms with Crippen LogP contribution in [0.15, 0.2) is 24.5 Å². The maximum atomic E-state index is 6.25. The van der Waals surface area contributed by atoms with Crippen LogP contribution in [0.3, 0.4) is 0 Å². The molecule has 7 nitrogen and oxygen atoms in total. The summed E-state index contributed by atoms with van der Waals surface area (Å²) in [6.07, 6.45) is 1.53. The highest BCUT2D eigenvalue weighted by molar-refractivity contribution is 5.78. The van der Waals surface area contributed by atoms with E-state index >= 15 is 0 Å². The minimum Gasteiger partial charge on any atom is -0.393 e. The molecule has 134 valence electrons. The third-order valence-corrected chi connectivity index (χ3v) is 4.35. The molecule has 0 bridgehead atoms. The summed E-state index contributed by atoms with van der Waals surface area (Å²) in [6, 6.07) is 6.25. The van der Waals surface area contributed by atoms with Crippen LogP contribution in [0.25, 0.3) is 0 Å². The summed E-state index contributed by atoms with van der Waals surface area (Å²) in [5.74, 6) is 1.29. The molecule has 0 unspecified atom stereocenters. The lowest BCUT2D eigenvalue weighted by Crippen LogP contribution is -2.39. The molecule has 1 saturated heterocycles. The molecule has 0 saturated carbocycles. The molecule has 1 fully saturated rings. The smallest absolute Gasteiger partial charge is 0.159 e. The van der Waals surface area contributed by atoms with Crippen LogP contribution >= 0.6 is 0 Å². The van der Waals surface area contributed by atoms with Gasteiger partial charge in [-0.1, -0.05) is 12.1 Å². The molecule has 1 aliphatic heterocycles. The minimum atomic E-state index is 0.533. The molecule has 0 spiro atoms. The Bertz CT molecular complexity index is 715. The number of morpholine rings is 1. The van der Waals surface area contributed by atoms with Gasteiger partial charge in [0.05, 0.1) is 13.2 Å². The van der Waals surface area contributed by atoms with E-state index in [4.69, 9.17) is 10.5 Å². The molecule has 0 aliphatic carbocycles. The maximum Gasteiger partial charge on any atom is 0.159 e. The summed E-state index contributed by atoms with van der Waals surface area (Å²) >= 11 is 0. The topological polar surface area (TPSA) is 88.3 Å². The molecule has 0 radical (unpaired) electrons. The fourth-order valence-electron chi connectivity index (χ4n) is 2.79. The summed E-state index contributed by atoms with van der Waals surface area (Å²) in [5, 5.41) is 6.63. The highest BCUT2D eigenvalue weighted by Gasteiger charge is 2.12. The molecule has 3 rings (SSSR count). The van der Waals surface area contributed by atoms with Crippen LogP contribution in [0, 0.1) is 13.8 Å². The van der Waals surface area contributed by atoms with Crippen LogP contribution in [0.4, 0.5) is 23.0 Å². The second-order valence-corrected chi connectivity index (χ2v) is 6.31. The van der Waals surface area contributed by atoms with Gasteiger partial charge in [0.15, 0.2) is 11.6 Å². The number of rotatable bonds is 6. The maximum absolute atomic E-state index is 6.25. The fraction of sp³-hybridized carbons (Fsp3) is 0.444. The van der Waals surface area contributed by atoms with E-state index in [9.17, 15) is 0 Å². The fourth-order valence-corrected chi connectivity index (χ4v) is 2.79. The molecule has 0 atom stereocenters. The quantitative estimate of drug-likeness (QED) is 0.741. The predicted octanol–water partition coefficient (Wildman–Crippen LogP) is 2.16. The Morgan fingerprint density at radius 2 is 1.92 bits per heavy atom. The van der Waals surface area contributed by atoms with Gasteiger partial charge in [-0.2, -0.15) is 0 Å². The Kier molecular flexibility index (Phi) is 5.67. The van der Waals surface area contributed by atoms with Gasteiger partial charge in [0.25, 0.3) is 0 Å². The van der Waals surface area contributed by atoms with Gasteiger partial charge in [-0.25, -0.2) is 9.97 Å². The monoisotopic (exact) mass is 342 g/mol. The highest BCUT2D eigenvalue weighted by atomic mass is 16.5. The lowest BCUT2D eigenvalue weighted by molar-refractivity contribution is 0.0398. The second-order valence-electron chi connectivity index (χ2n) is 6.31. The molecular formula is C18H26N6O. The first-order valence-electron chi connectivity index (χ1n) is 8.62. The Labute approximate surface area is 148 Å². The Hall–Kier alpha value is -2.38. The van der Waals surface area contributed by atoms with E-state index in [-0.39, 0.29) is 0 Å². The zero-order valence-corrected chi connectivity index (χ0v) is 14.9. The molecule has 1 aromatic heterocycles. The number of aryl methyl sites for hydroxylation is 2. The van der Waals surface area contributed by atoms with Gasteiger partial charge in [-0.15, -0.1) is 0 Å². The summed E-state index contributed by atoms with van der Waals surface area (Å²) < 4.78 is 5.36. The van der Waals surface area contributed by atoms with Crippen LogP contribution in [0.1, 0.15) is 11.1 Å². The molecule has 2 aromatic rings. The van der Waals surface area contributed by atoms with Crippen molar-refractivity contribution in [3.63, 3.8) is 0 Å². The molecule has 25 heavy (non-hydrogen) atoms. The number of aromatic nitrogens is 2. The number of anilines is 4. The van der Waals surface area contributed by atoms with Crippen molar-refractivity contribution in [2.75, 3.05) is 55.8 Å². The molecule has 2 heterocycles. The summed E-state index contributed by atoms with van der Waals surface area (Å²) in [4.78, 5) is 10.9. The molecular weight excluding hydrogens is 316 g/mol. The Balaban J connectivity index is 1.64. The van der Waals surface area contributed by atoms with E-state index in [1.807, 2.05) is 0 Å². The number of nitrogens with two attached hydrogens (primary N) is 1. The zero-order valence-electron chi connectivity index (χ0n) is 14.9. The van der Waals surface area contributed by atoms with Gasteiger partial charge in [0.2, 0.25) is 0 Å². The first-order chi connectivity index (χ1) is 12.1. The van der Waals surface area contributed by atoms with Crippen LogP contribution in [-0.2, 0) is 4.74 Å². The van der Waals surface area contributed by atoms with Gasteiger partial charge in [-0.3, -0.25) is 4.90 Å². The van der Waals surface area contributed by atoms with Crippen molar-refractivity contribution < 1.29 is 4.74 Å². The molecule has 0 amide bonds. The summed E-state index contributed by atoms with van der Waals surface area (Å²) in [6.45, 7) is 9.39. The molecule has 1 aliphatic rings. The van der Waals surface area contributed by atoms with Gasteiger partial charge in [0, 0.05) is 31.9 Å². The Morgan fingerprint density at radius 1 is 1.16 bits per heavy atom. The van der Waals surface area contributed by atoms with Crippen molar-refractivity contribution in [3.05, 3.63) is 35.7 Å². The first-order valence-corrected chi connectivity index (χ1v) is 8.62. The van der Waals surface area contributed by atoms with Gasteiger partial charge < -0.3 is 21.1 Å². The van der Waals surface area contributed by atoms with Crippen molar-refractivity contribution >= 4 is 23.0 Å². The van der Waals surface area contributed by atoms with Gasteiger partial charge in [0.1, 0.15) is 12.0 Å². The van der Waals surface area contributed by atoms with Crippen LogP contribution in [-0.4, -0.2) is 54.3 Å².